The van der Waals surface area contributed by atoms with Gasteiger partial charge < -0.3 is 0 Å². The Morgan fingerprint density at radius 2 is 2.27 bits per heavy atom. The molecule has 1 heteroatoms. The summed E-state index contributed by atoms with van der Waals surface area (Å²) in [5.74, 6) is 0.274. The standard InChI is InChI=1S/C10H14O/c1-3-4-9-5-6-10(11)7-8(9)2/h4,7H,3,5-6H2,1-2H3. The van der Waals surface area contributed by atoms with Crippen LogP contribution >= 0.6 is 0 Å². The van der Waals surface area contributed by atoms with Gasteiger partial charge in [0, 0.05) is 6.42 Å². The Morgan fingerprint density at radius 1 is 1.55 bits per heavy atom. The van der Waals surface area contributed by atoms with E-state index in [0.717, 1.165) is 18.4 Å². The molecule has 0 radical (unpaired) electrons. The number of allylic oxidation sites excluding steroid dienone is 4. The van der Waals surface area contributed by atoms with Crippen molar-refractivity contribution in [2.45, 2.75) is 33.1 Å². The van der Waals surface area contributed by atoms with Crippen LogP contribution in [0.2, 0.25) is 0 Å². The van der Waals surface area contributed by atoms with E-state index in [1.54, 1.807) is 6.08 Å². The highest BCUT2D eigenvalue weighted by molar-refractivity contribution is 5.92. The Bertz CT molecular complexity index is 221. The molecule has 1 nitrogen and oxygen atoms in total. The SMILES string of the molecule is CCC=C1CCC(=O)C=C1C. The average molecular weight is 150 g/mol. The molecule has 60 valence electrons. The van der Waals surface area contributed by atoms with Crippen molar-refractivity contribution in [3.8, 4) is 0 Å². The molecular formula is C10H14O. The van der Waals surface area contributed by atoms with Crippen molar-refractivity contribution < 1.29 is 4.79 Å². The number of carbonyl (C=O) groups excluding carboxylic acids is 1. The first-order valence-corrected chi connectivity index (χ1v) is 4.14. The summed E-state index contributed by atoms with van der Waals surface area (Å²) < 4.78 is 0. The van der Waals surface area contributed by atoms with E-state index in [-0.39, 0.29) is 5.78 Å². The molecule has 11 heavy (non-hydrogen) atoms. The van der Waals surface area contributed by atoms with Crippen molar-refractivity contribution in [1.82, 2.24) is 0 Å². The minimum absolute atomic E-state index is 0.274. The molecule has 0 atom stereocenters. The summed E-state index contributed by atoms with van der Waals surface area (Å²) in [5, 5.41) is 0. The zero-order chi connectivity index (χ0) is 8.27. The fraction of sp³-hybridized carbons (Fsp3) is 0.500. The molecule has 0 fully saturated rings. The average Bonchev–Trinajstić information content (AvgIpc) is 1.95. The second-order valence-corrected chi connectivity index (χ2v) is 2.93. The highest BCUT2D eigenvalue weighted by atomic mass is 16.1. The quantitative estimate of drug-likeness (QED) is 0.561. The molecule has 1 aliphatic carbocycles. The lowest BCUT2D eigenvalue weighted by atomic mass is 9.93. The third-order valence-corrected chi connectivity index (χ3v) is 1.98. The maximum Gasteiger partial charge on any atom is 0.156 e. The predicted octanol–water partition coefficient (Wildman–Crippen LogP) is 2.63. The number of hydrogen-bond acceptors (Lipinski definition) is 1. The maximum absolute atomic E-state index is 10.9. The monoisotopic (exact) mass is 150 g/mol. The first kappa shape index (κ1) is 8.25. The fourth-order valence-corrected chi connectivity index (χ4v) is 1.37. The van der Waals surface area contributed by atoms with Gasteiger partial charge in [-0.2, -0.15) is 0 Å². The second-order valence-electron chi connectivity index (χ2n) is 2.93. The summed E-state index contributed by atoms with van der Waals surface area (Å²) in [5.41, 5.74) is 2.51. The Balaban J connectivity index is 2.80. The molecule has 0 aromatic carbocycles. The summed E-state index contributed by atoms with van der Waals surface area (Å²) in [7, 11) is 0. The van der Waals surface area contributed by atoms with Crippen molar-refractivity contribution >= 4 is 5.78 Å². The smallest absolute Gasteiger partial charge is 0.156 e. The van der Waals surface area contributed by atoms with Gasteiger partial charge in [-0.25, -0.2) is 0 Å². The highest BCUT2D eigenvalue weighted by Gasteiger charge is 2.10. The molecule has 0 aromatic rings. The zero-order valence-electron chi connectivity index (χ0n) is 7.18. The van der Waals surface area contributed by atoms with E-state index < -0.39 is 0 Å². The van der Waals surface area contributed by atoms with Crippen LogP contribution in [0.4, 0.5) is 0 Å². The van der Waals surface area contributed by atoms with Gasteiger partial charge >= 0.3 is 0 Å². The highest BCUT2D eigenvalue weighted by Crippen LogP contribution is 2.21. The number of rotatable bonds is 1. The summed E-state index contributed by atoms with van der Waals surface area (Å²) in [6.07, 6.45) is 6.66. The van der Waals surface area contributed by atoms with E-state index in [9.17, 15) is 4.79 Å². The van der Waals surface area contributed by atoms with Crippen molar-refractivity contribution in [2.75, 3.05) is 0 Å². The van der Waals surface area contributed by atoms with Crippen molar-refractivity contribution in [3.05, 3.63) is 23.3 Å². The zero-order valence-corrected chi connectivity index (χ0v) is 7.18. The van der Waals surface area contributed by atoms with Crippen LogP contribution in [0.3, 0.4) is 0 Å². The van der Waals surface area contributed by atoms with E-state index in [2.05, 4.69) is 13.0 Å². The van der Waals surface area contributed by atoms with E-state index in [1.807, 2.05) is 6.92 Å². The van der Waals surface area contributed by atoms with Gasteiger partial charge in [-0.15, -0.1) is 0 Å². The van der Waals surface area contributed by atoms with Crippen LogP contribution in [0.25, 0.3) is 0 Å². The Labute approximate surface area is 67.8 Å². The van der Waals surface area contributed by atoms with E-state index in [1.165, 1.54) is 5.57 Å². The minimum atomic E-state index is 0.274. The molecule has 0 saturated heterocycles. The Kier molecular flexibility index (Phi) is 2.64. The third-order valence-electron chi connectivity index (χ3n) is 1.98. The first-order valence-electron chi connectivity index (χ1n) is 4.14. The van der Waals surface area contributed by atoms with Crippen LogP contribution in [-0.2, 0) is 4.79 Å². The van der Waals surface area contributed by atoms with Crippen LogP contribution in [0, 0.1) is 0 Å². The summed E-state index contributed by atoms with van der Waals surface area (Å²) in [4.78, 5) is 10.9. The van der Waals surface area contributed by atoms with Crippen molar-refractivity contribution in [1.29, 1.82) is 0 Å². The molecule has 0 aliphatic heterocycles. The molecule has 0 aromatic heterocycles. The molecule has 0 heterocycles. The molecular weight excluding hydrogens is 136 g/mol. The van der Waals surface area contributed by atoms with Gasteiger partial charge in [0.1, 0.15) is 0 Å². The van der Waals surface area contributed by atoms with Crippen molar-refractivity contribution in [2.24, 2.45) is 0 Å². The molecule has 0 saturated carbocycles. The van der Waals surface area contributed by atoms with Gasteiger partial charge in [-0.3, -0.25) is 4.79 Å². The van der Waals surface area contributed by atoms with Crippen molar-refractivity contribution in [3.63, 3.8) is 0 Å². The van der Waals surface area contributed by atoms with E-state index >= 15 is 0 Å². The molecule has 0 spiro atoms. The van der Waals surface area contributed by atoms with E-state index in [0.29, 0.717) is 6.42 Å². The van der Waals surface area contributed by atoms with Gasteiger partial charge in [0.15, 0.2) is 5.78 Å². The maximum atomic E-state index is 10.9. The molecule has 0 unspecified atom stereocenters. The Hall–Kier alpha value is -0.850. The number of carbonyl (C=O) groups is 1. The van der Waals surface area contributed by atoms with Crippen LogP contribution in [0.15, 0.2) is 23.3 Å². The second kappa shape index (κ2) is 3.51. The fourth-order valence-electron chi connectivity index (χ4n) is 1.37. The topological polar surface area (TPSA) is 17.1 Å². The number of hydrogen-bond donors (Lipinski definition) is 0. The van der Waals surface area contributed by atoms with Gasteiger partial charge in [0.25, 0.3) is 0 Å². The summed E-state index contributed by atoms with van der Waals surface area (Å²) in [6, 6.07) is 0. The largest absolute Gasteiger partial charge is 0.295 e. The Morgan fingerprint density at radius 3 is 2.82 bits per heavy atom. The lowest BCUT2D eigenvalue weighted by Gasteiger charge is -2.11. The van der Waals surface area contributed by atoms with Crippen LogP contribution in [-0.4, -0.2) is 5.78 Å². The van der Waals surface area contributed by atoms with Gasteiger partial charge in [-0.1, -0.05) is 13.0 Å². The molecule has 1 aliphatic rings. The summed E-state index contributed by atoms with van der Waals surface area (Å²) in [6.45, 7) is 4.13. The normalized spacial score (nSPS) is 22.2. The molecule has 1 rings (SSSR count). The first-order chi connectivity index (χ1) is 5.24. The van der Waals surface area contributed by atoms with E-state index in [4.69, 9.17) is 0 Å². The lowest BCUT2D eigenvalue weighted by Crippen LogP contribution is -2.03. The van der Waals surface area contributed by atoms with Gasteiger partial charge in [-0.05, 0) is 37.0 Å². The summed E-state index contributed by atoms with van der Waals surface area (Å²) >= 11 is 0. The van der Waals surface area contributed by atoms with Crippen LogP contribution in [0.5, 0.6) is 0 Å². The number of ketones is 1. The lowest BCUT2D eigenvalue weighted by molar-refractivity contribution is -0.114. The predicted molar refractivity (Wildman–Crippen MR) is 46.4 cm³/mol. The third kappa shape index (κ3) is 2.04. The molecule has 0 amide bonds. The van der Waals surface area contributed by atoms with Gasteiger partial charge in [0.05, 0.1) is 0 Å². The molecule has 0 N–H and O–H groups in total. The van der Waals surface area contributed by atoms with Crippen LogP contribution < -0.4 is 0 Å². The van der Waals surface area contributed by atoms with Crippen LogP contribution in [0.1, 0.15) is 33.1 Å². The minimum Gasteiger partial charge on any atom is -0.295 e. The molecule has 0 bridgehead atoms. The van der Waals surface area contributed by atoms with Gasteiger partial charge in [0.2, 0.25) is 0 Å².